The predicted octanol–water partition coefficient (Wildman–Crippen LogP) is 2.50. The van der Waals surface area contributed by atoms with Gasteiger partial charge in [-0.1, -0.05) is 12.1 Å². The van der Waals surface area contributed by atoms with Crippen LogP contribution in [0.5, 0.6) is 5.75 Å². The summed E-state index contributed by atoms with van der Waals surface area (Å²) in [5.41, 5.74) is 1.44. The van der Waals surface area contributed by atoms with Crippen LogP contribution < -0.4 is 4.74 Å². The van der Waals surface area contributed by atoms with Crippen molar-refractivity contribution in [2.45, 2.75) is 25.8 Å². The van der Waals surface area contributed by atoms with E-state index in [0.29, 0.717) is 6.04 Å². The van der Waals surface area contributed by atoms with Crippen LogP contribution in [0.25, 0.3) is 0 Å². The van der Waals surface area contributed by atoms with Gasteiger partial charge in [0.1, 0.15) is 5.75 Å². The van der Waals surface area contributed by atoms with Gasteiger partial charge in [-0.15, -0.1) is 0 Å². The SMILES string of the molecule is COc1ccc(C2CN(C(C)C)C2)cc1. The number of hydrogen-bond acceptors (Lipinski definition) is 2. The molecule has 1 fully saturated rings. The maximum atomic E-state index is 5.15. The highest BCUT2D eigenvalue weighted by molar-refractivity contribution is 5.31. The van der Waals surface area contributed by atoms with E-state index in [4.69, 9.17) is 4.74 Å². The summed E-state index contributed by atoms with van der Waals surface area (Å²) in [7, 11) is 1.71. The summed E-state index contributed by atoms with van der Waals surface area (Å²) in [5.74, 6) is 1.66. The number of rotatable bonds is 3. The van der Waals surface area contributed by atoms with Gasteiger partial charge in [0.15, 0.2) is 0 Å². The fourth-order valence-electron chi connectivity index (χ4n) is 2.02. The van der Waals surface area contributed by atoms with Gasteiger partial charge in [0.25, 0.3) is 0 Å². The summed E-state index contributed by atoms with van der Waals surface area (Å²) in [4.78, 5) is 2.49. The van der Waals surface area contributed by atoms with Crippen LogP contribution >= 0.6 is 0 Å². The molecule has 0 atom stereocenters. The van der Waals surface area contributed by atoms with Gasteiger partial charge in [0.2, 0.25) is 0 Å². The fourth-order valence-corrected chi connectivity index (χ4v) is 2.02. The van der Waals surface area contributed by atoms with Crippen LogP contribution in [0.4, 0.5) is 0 Å². The maximum Gasteiger partial charge on any atom is 0.118 e. The van der Waals surface area contributed by atoms with E-state index in [1.807, 2.05) is 12.1 Å². The lowest BCUT2D eigenvalue weighted by Crippen LogP contribution is -2.48. The molecule has 0 bridgehead atoms. The topological polar surface area (TPSA) is 12.5 Å². The van der Waals surface area contributed by atoms with Gasteiger partial charge >= 0.3 is 0 Å². The van der Waals surface area contributed by atoms with Gasteiger partial charge in [-0.25, -0.2) is 0 Å². The van der Waals surface area contributed by atoms with Crippen LogP contribution in [0.3, 0.4) is 0 Å². The molecule has 82 valence electrons. The number of methoxy groups -OCH3 is 1. The van der Waals surface area contributed by atoms with Crippen LogP contribution in [0, 0.1) is 0 Å². The van der Waals surface area contributed by atoms with Crippen molar-refractivity contribution in [1.29, 1.82) is 0 Å². The fraction of sp³-hybridized carbons (Fsp3) is 0.538. The average molecular weight is 205 g/mol. The second-order valence-electron chi connectivity index (χ2n) is 4.52. The molecule has 0 aromatic heterocycles. The average Bonchev–Trinajstić information content (AvgIpc) is 2.16. The van der Waals surface area contributed by atoms with Crippen molar-refractivity contribution < 1.29 is 4.74 Å². The van der Waals surface area contributed by atoms with Crippen molar-refractivity contribution in [3.8, 4) is 5.75 Å². The molecule has 0 spiro atoms. The van der Waals surface area contributed by atoms with Crippen molar-refractivity contribution >= 4 is 0 Å². The van der Waals surface area contributed by atoms with E-state index in [0.717, 1.165) is 11.7 Å². The number of benzene rings is 1. The Labute approximate surface area is 91.9 Å². The van der Waals surface area contributed by atoms with Crippen molar-refractivity contribution in [2.75, 3.05) is 20.2 Å². The summed E-state index contributed by atoms with van der Waals surface area (Å²) < 4.78 is 5.15. The van der Waals surface area contributed by atoms with Crippen molar-refractivity contribution in [3.05, 3.63) is 29.8 Å². The highest BCUT2D eigenvalue weighted by Gasteiger charge is 2.29. The Morgan fingerprint density at radius 2 is 1.80 bits per heavy atom. The van der Waals surface area contributed by atoms with Crippen LogP contribution in [0.15, 0.2) is 24.3 Å². The molecule has 0 unspecified atom stereocenters. The molecular formula is C13H19NO. The predicted molar refractivity (Wildman–Crippen MR) is 62.4 cm³/mol. The highest BCUT2D eigenvalue weighted by Crippen LogP contribution is 2.29. The van der Waals surface area contributed by atoms with Crippen LogP contribution in [-0.4, -0.2) is 31.1 Å². The zero-order valence-electron chi connectivity index (χ0n) is 9.73. The minimum absolute atomic E-state index is 0.680. The highest BCUT2D eigenvalue weighted by atomic mass is 16.5. The Kier molecular flexibility index (Phi) is 2.96. The zero-order chi connectivity index (χ0) is 10.8. The summed E-state index contributed by atoms with van der Waals surface area (Å²) in [6.45, 7) is 6.91. The van der Waals surface area contributed by atoms with Crippen molar-refractivity contribution in [1.82, 2.24) is 4.90 Å². The molecule has 2 nitrogen and oxygen atoms in total. The molecule has 1 saturated heterocycles. The molecule has 15 heavy (non-hydrogen) atoms. The lowest BCUT2D eigenvalue weighted by atomic mass is 9.90. The molecule has 0 radical (unpaired) electrons. The standard InChI is InChI=1S/C13H19NO/c1-10(2)14-8-12(9-14)11-4-6-13(15-3)7-5-11/h4-7,10,12H,8-9H2,1-3H3. The summed E-state index contributed by atoms with van der Waals surface area (Å²) >= 11 is 0. The third-order valence-corrected chi connectivity index (χ3v) is 3.23. The zero-order valence-corrected chi connectivity index (χ0v) is 9.73. The van der Waals surface area contributed by atoms with E-state index in [-0.39, 0.29) is 0 Å². The maximum absolute atomic E-state index is 5.15. The van der Waals surface area contributed by atoms with Gasteiger partial charge in [-0.2, -0.15) is 0 Å². The largest absolute Gasteiger partial charge is 0.497 e. The van der Waals surface area contributed by atoms with Gasteiger partial charge in [-0.3, -0.25) is 4.90 Å². The number of nitrogens with zero attached hydrogens (tertiary/aromatic N) is 1. The summed E-state index contributed by atoms with van der Waals surface area (Å²) in [5, 5.41) is 0. The molecule has 0 saturated carbocycles. The first kappa shape index (κ1) is 10.5. The number of hydrogen-bond donors (Lipinski definition) is 0. The molecule has 0 aliphatic carbocycles. The van der Waals surface area contributed by atoms with E-state index >= 15 is 0 Å². The first-order valence-electron chi connectivity index (χ1n) is 5.58. The minimum Gasteiger partial charge on any atom is -0.497 e. The van der Waals surface area contributed by atoms with Crippen molar-refractivity contribution in [2.24, 2.45) is 0 Å². The van der Waals surface area contributed by atoms with E-state index < -0.39 is 0 Å². The van der Waals surface area contributed by atoms with E-state index in [1.54, 1.807) is 7.11 Å². The van der Waals surface area contributed by atoms with Crippen LogP contribution in [-0.2, 0) is 0 Å². The van der Waals surface area contributed by atoms with Crippen LogP contribution in [0.2, 0.25) is 0 Å². The Morgan fingerprint density at radius 1 is 1.20 bits per heavy atom. The Bertz CT molecular complexity index is 312. The third kappa shape index (κ3) is 2.15. The third-order valence-electron chi connectivity index (χ3n) is 3.23. The van der Waals surface area contributed by atoms with Gasteiger partial charge in [-0.05, 0) is 31.5 Å². The second kappa shape index (κ2) is 4.23. The summed E-state index contributed by atoms with van der Waals surface area (Å²) in [6, 6.07) is 9.14. The monoisotopic (exact) mass is 205 g/mol. The minimum atomic E-state index is 0.680. The first-order chi connectivity index (χ1) is 7.20. The molecule has 0 amide bonds. The van der Waals surface area contributed by atoms with E-state index in [2.05, 4.69) is 30.9 Å². The number of ether oxygens (including phenoxy) is 1. The first-order valence-corrected chi connectivity index (χ1v) is 5.58. The lowest BCUT2D eigenvalue weighted by molar-refractivity contribution is 0.110. The second-order valence-corrected chi connectivity index (χ2v) is 4.52. The molecule has 2 rings (SSSR count). The Hall–Kier alpha value is -1.02. The molecule has 0 N–H and O–H groups in total. The molecule has 1 aromatic rings. The smallest absolute Gasteiger partial charge is 0.118 e. The lowest BCUT2D eigenvalue weighted by Gasteiger charge is -2.42. The van der Waals surface area contributed by atoms with Crippen LogP contribution in [0.1, 0.15) is 25.3 Å². The molecule has 1 aliphatic rings. The van der Waals surface area contributed by atoms with E-state index in [9.17, 15) is 0 Å². The Balaban J connectivity index is 1.95. The number of likely N-dealkylation sites (tertiary alicyclic amines) is 1. The summed E-state index contributed by atoms with van der Waals surface area (Å²) in [6.07, 6.45) is 0. The normalized spacial score (nSPS) is 17.9. The Morgan fingerprint density at radius 3 is 2.27 bits per heavy atom. The quantitative estimate of drug-likeness (QED) is 0.751. The molecule has 2 heteroatoms. The molecule has 1 heterocycles. The van der Waals surface area contributed by atoms with Gasteiger partial charge < -0.3 is 4.74 Å². The van der Waals surface area contributed by atoms with Gasteiger partial charge in [0, 0.05) is 25.0 Å². The molecular weight excluding hydrogens is 186 g/mol. The molecule has 1 aliphatic heterocycles. The molecule has 1 aromatic carbocycles. The van der Waals surface area contributed by atoms with E-state index in [1.165, 1.54) is 18.7 Å². The van der Waals surface area contributed by atoms with Crippen molar-refractivity contribution in [3.63, 3.8) is 0 Å². The van der Waals surface area contributed by atoms with Gasteiger partial charge in [0.05, 0.1) is 7.11 Å².